The SMILES string of the molecule is CCN(CC)S(=O)(=O)N1CCO[C@H](c2ccc(Cl)c(Cl)c2)C1. The van der Waals surface area contributed by atoms with Gasteiger partial charge in [-0.2, -0.15) is 17.0 Å². The first kappa shape index (κ1) is 18.0. The fourth-order valence-electron chi connectivity index (χ4n) is 2.46. The van der Waals surface area contributed by atoms with Crippen LogP contribution in [0.4, 0.5) is 0 Å². The lowest BCUT2D eigenvalue weighted by Gasteiger charge is -2.35. The molecule has 1 saturated heterocycles. The van der Waals surface area contributed by atoms with Crippen LogP contribution >= 0.6 is 23.2 Å². The van der Waals surface area contributed by atoms with Gasteiger partial charge >= 0.3 is 0 Å². The van der Waals surface area contributed by atoms with Crippen LogP contribution in [-0.4, -0.2) is 49.8 Å². The van der Waals surface area contributed by atoms with Crippen molar-refractivity contribution >= 4 is 33.4 Å². The van der Waals surface area contributed by atoms with Crippen molar-refractivity contribution in [2.24, 2.45) is 0 Å². The van der Waals surface area contributed by atoms with E-state index in [4.69, 9.17) is 27.9 Å². The van der Waals surface area contributed by atoms with Crippen molar-refractivity contribution < 1.29 is 13.2 Å². The van der Waals surface area contributed by atoms with Crippen molar-refractivity contribution in [1.82, 2.24) is 8.61 Å². The maximum Gasteiger partial charge on any atom is 0.282 e. The summed E-state index contributed by atoms with van der Waals surface area (Å²) in [6, 6.07) is 5.23. The molecule has 5 nitrogen and oxygen atoms in total. The van der Waals surface area contributed by atoms with Crippen LogP contribution < -0.4 is 0 Å². The lowest BCUT2D eigenvalue weighted by molar-refractivity contribution is -0.00422. The standard InChI is InChI=1S/C14H20Cl2N2O3S/c1-3-17(4-2)22(19,20)18-7-8-21-14(10-18)11-5-6-12(15)13(16)9-11/h5-6,9,14H,3-4,7-8,10H2,1-2H3/t14-/m0/s1. The number of morpholine rings is 1. The van der Waals surface area contributed by atoms with Crippen molar-refractivity contribution in [2.45, 2.75) is 20.0 Å². The van der Waals surface area contributed by atoms with E-state index in [-0.39, 0.29) is 12.6 Å². The molecule has 0 radical (unpaired) electrons. The van der Waals surface area contributed by atoms with Gasteiger partial charge in [0.05, 0.1) is 22.8 Å². The van der Waals surface area contributed by atoms with E-state index in [1.807, 2.05) is 19.9 Å². The second kappa shape index (κ2) is 7.47. The van der Waals surface area contributed by atoms with Crippen LogP contribution in [-0.2, 0) is 14.9 Å². The predicted octanol–water partition coefficient (Wildman–Crippen LogP) is 2.95. The molecule has 0 spiro atoms. The number of nitrogens with zero attached hydrogens (tertiary/aromatic N) is 2. The molecule has 1 aliphatic heterocycles. The van der Waals surface area contributed by atoms with E-state index >= 15 is 0 Å². The molecule has 1 aliphatic rings. The Morgan fingerprint density at radius 1 is 1.27 bits per heavy atom. The zero-order chi connectivity index (χ0) is 16.3. The van der Waals surface area contributed by atoms with Crippen molar-refractivity contribution in [1.29, 1.82) is 0 Å². The molecule has 0 aliphatic carbocycles. The van der Waals surface area contributed by atoms with Gasteiger partial charge in [0.15, 0.2) is 0 Å². The van der Waals surface area contributed by atoms with Crippen LogP contribution in [0.15, 0.2) is 18.2 Å². The summed E-state index contributed by atoms with van der Waals surface area (Å²) in [5, 5.41) is 0.903. The summed E-state index contributed by atoms with van der Waals surface area (Å²) in [6.07, 6.45) is -0.339. The lowest BCUT2D eigenvalue weighted by Crippen LogP contribution is -2.49. The van der Waals surface area contributed by atoms with E-state index in [1.54, 1.807) is 12.1 Å². The number of benzene rings is 1. The third-order valence-electron chi connectivity index (χ3n) is 3.70. The zero-order valence-electron chi connectivity index (χ0n) is 12.6. The van der Waals surface area contributed by atoms with Gasteiger partial charge in [-0.3, -0.25) is 0 Å². The third kappa shape index (κ3) is 3.75. The highest BCUT2D eigenvalue weighted by Gasteiger charge is 2.33. The lowest BCUT2D eigenvalue weighted by atomic mass is 10.1. The molecule has 0 aromatic heterocycles. The molecular weight excluding hydrogens is 347 g/mol. The number of halogens is 2. The van der Waals surface area contributed by atoms with E-state index in [0.717, 1.165) is 5.56 Å². The quantitative estimate of drug-likeness (QED) is 0.804. The number of ether oxygens (including phenoxy) is 1. The molecular formula is C14H20Cl2N2O3S. The largest absolute Gasteiger partial charge is 0.371 e. The van der Waals surface area contributed by atoms with E-state index in [2.05, 4.69) is 0 Å². The summed E-state index contributed by atoms with van der Waals surface area (Å²) in [4.78, 5) is 0. The molecule has 0 saturated carbocycles. The maximum atomic E-state index is 12.6. The average Bonchev–Trinajstić information content (AvgIpc) is 2.51. The third-order valence-corrected chi connectivity index (χ3v) is 6.59. The Bertz CT molecular complexity index is 621. The monoisotopic (exact) mass is 366 g/mol. The van der Waals surface area contributed by atoms with Crippen LogP contribution in [0.5, 0.6) is 0 Å². The summed E-state index contributed by atoms with van der Waals surface area (Å²) < 4.78 is 33.8. The minimum Gasteiger partial charge on any atom is -0.371 e. The van der Waals surface area contributed by atoms with Gasteiger partial charge in [0.2, 0.25) is 0 Å². The van der Waals surface area contributed by atoms with Crippen LogP contribution in [0, 0.1) is 0 Å². The Morgan fingerprint density at radius 2 is 1.95 bits per heavy atom. The summed E-state index contributed by atoms with van der Waals surface area (Å²) in [5.74, 6) is 0. The molecule has 0 amide bonds. The summed E-state index contributed by atoms with van der Waals surface area (Å²) >= 11 is 11.9. The van der Waals surface area contributed by atoms with Gasteiger partial charge < -0.3 is 4.74 Å². The fourth-order valence-corrected chi connectivity index (χ4v) is 4.38. The first-order valence-electron chi connectivity index (χ1n) is 7.21. The molecule has 2 rings (SSSR count). The molecule has 1 aromatic rings. The van der Waals surface area contributed by atoms with Gasteiger partial charge in [-0.05, 0) is 17.7 Å². The highest BCUT2D eigenvalue weighted by Crippen LogP contribution is 2.30. The molecule has 8 heteroatoms. The first-order chi connectivity index (χ1) is 10.4. The Kier molecular flexibility index (Phi) is 6.10. The second-order valence-electron chi connectivity index (χ2n) is 4.98. The van der Waals surface area contributed by atoms with Crippen LogP contribution in [0.1, 0.15) is 25.5 Å². The molecule has 1 fully saturated rings. The number of rotatable bonds is 5. The van der Waals surface area contributed by atoms with Crippen molar-refractivity contribution in [2.75, 3.05) is 32.8 Å². The number of hydrogen-bond donors (Lipinski definition) is 0. The van der Waals surface area contributed by atoms with E-state index in [0.29, 0.717) is 36.3 Å². The number of hydrogen-bond acceptors (Lipinski definition) is 3. The van der Waals surface area contributed by atoms with Crippen LogP contribution in [0.2, 0.25) is 10.0 Å². The normalized spacial score (nSPS) is 20.5. The van der Waals surface area contributed by atoms with E-state index < -0.39 is 10.2 Å². The second-order valence-corrected chi connectivity index (χ2v) is 7.73. The van der Waals surface area contributed by atoms with Gasteiger partial charge in [0.1, 0.15) is 0 Å². The maximum absolute atomic E-state index is 12.6. The minimum atomic E-state index is -3.46. The van der Waals surface area contributed by atoms with E-state index in [9.17, 15) is 8.42 Å². The molecule has 1 atom stereocenters. The predicted molar refractivity (Wildman–Crippen MR) is 88.6 cm³/mol. The summed E-state index contributed by atoms with van der Waals surface area (Å²) in [5.41, 5.74) is 0.828. The van der Waals surface area contributed by atoms with Crippen LogP contribution in [0.3, 0.4) is 0 Å². The summed E-state index contributed by atoms with van der Waals surface area (Å²) in [6.45, 7) is 5.55. The Labute approximate surface area is 141 Å². The first-order valence-corrected chi connectivity index (χ1v) is 9.37. The highest BCUT2D eigenvalue weighted by molar-refractivity contribution is 7.86. The molecule has 1 aromatic carbocycles. The average molecular weight is 367 g/mol. The molecule has 22 heavy (non-hydrogen) atoms. The van der Waals surface area contributed by atoms with Crippen molar-refractivity contribution in [3.8, 4) is 0 Å². The summed E-state index contributed by atoms with van der Waals surface area (Å²) in [7, 11) is -3.46. The molecule has 1 heterocycles. The molecule has 124 valence electrons. The van der Waals surface area contributed by atoms with E-state index in [1.165, 1.54) is 8.61 Å². The highest BCUT2D eigenvalue weighted by atomic mass is 35.5. The molecule has 0 bridgehead atoms. The topological polar surface area (TPSA) is 49.9 Å². The van der Waals surface area contributed by atoms with Gasteiger partial charge in [-0.25, -0.2) is 0 Å². The van der Waals surface area contributed by atoms with Gasteiger partial charge in [-0.1, -0.05) is 43.1 Å². The fraction of sp³-hybridized carbons (Fsp3) is 0.571. The Morgan fingerprint density at radius 3 is 2.55 bits per heavy atom. The Hall–Kier alpha value is -0.370. The molecule has 0 unspecified atom stereocenters. The molecule has 0 N–H and O–H groups in total. The Balaban J connectivity index is 2.20. The van der Waals surface area contributed by atoms with Gasteiger partial charge in [-0.15, -0.1) is 0 Å². The van der Waals surface area contributed by atoms with Gasteiger partial charge in [0, 0.05) is 26.2 Å². The van der Waals surface area contributed by atoms with Gasteiger partial charge in [0.25, 0.3) is 10.2 Å². The zero-order valence-corrected chi connectivity index (χ0v) is 15.0. The smallest absolute Gasteiger partial charge is 0.282 e. The van der Waals surface area contributed by atoms with Crippen molar-refractivity contribution in [3.63, 3.8) is 0 Å². The van der Waals surface area contributed by atoms with Crippen molar-refractivity contribution in [3.05, 3.63) is 33.8 Å². The minimum absolute atomic E-state index is 0.275. The van der Waals surface area contributed by atoms with Crippen LogP contribution in [0.25, 0.3) is 0 Å².